The Morgan fingerprint density at radius 1 is 1.26 bits per heavy atom. The number of aromatic nitrogens is 2. The smallest absolute Gasteiger partial charge is 0.0785 e. The van der Waals surface area contributed by atoms with Crippen LogP contribution in [0.25, 0.3) is 0 Å². The first-order valence-corrected chi connectivity index (χ1v) is 7.54. The molecule has 0 spiro atoms. The molecule has 106 valence electrons. The normalized spacial score (nSPS) is 26.1. The van der Waals surface area contributed by atoms with Gasteiger partial charge in [0, 0.05) is 51.5 Å². The molecule has 0 aliphatic carbocycles. The second-order valence-electron chi connectivity index (χ2n) is 5.45. The summed E-state index contributed by atoms with van der Waals surface area (Å²) in [5.41, 5.74) is 0. The van der Waals surface area contributed by atoms with Crippen molar-refractivity contribution >= 4 is 11.6 Å². The zero-order chi connectivity index (χ0) is 13.1. The molecule has 2 aliphatic heterocycles. The first-order valence-electron chi connectivity index (χ1n) is 7.16. The molecule has 0 radical (unpaired) electrons. The van der Waals surface area contributed by atoms with Gasteiger partial charge in [-0.2, -0.15) is 5.10 Å². The number of piperazine rings is 1. The van der Waals surface area contributed by atoms with Crippen LogP contribution in [0.3, 0.4) is 0 Å². The molecule has 19 heavy (non-hydrogen) atoms. The van der Waals surface area contributed by atoms with Gasteiger partial charge in [0.1, 0.15) is 0 Å². The van der Waals surface area contributed by atoms with Crippen molar-refractivity contribution in [1.29, 1.82) is 0 Å². The summed E-state index contributed by atoms with van der Waals surface area (Å²) in [5, 5.41) is 8.39. The Hall–Kier alpha value is -0.620. The van der Waals surface area contributed by atoms with Gasteiger partial charge in [0.05, 0.1) is 17.8 Å². The molecule has 1 aromatic rings. The Labute approximate surface area is 119 Å². The maximum absolute atomic E-state index is 5.86. The molecule has 0 saturated carbocycles. The van der Waals surface area contributed by atoms with Crippen molar-refractivity contribution < 1.29 is 0 Å². The number of rotatable bonds is 4. The fraction of sp³-hybridized carbons (Fsp3) is 0.769. The number of nitrogens with zero attached hydrogens (tertiary/aromatic N) is 4. The van der Waals surface area contributed by atoms with Crippen molar-refractivity contribution in [3.8, 4) is 0 Å². The van der Waals surface area contributed by atoms with E-state index in [1.807, 2.05) is 10.9 Å². The lowest BCUT2D eigenvalue weighted by Gasteiger charge is -2.37. The predicted molar refractivity (Wildman–Crippen MR) is 76.5 cm³/mol. The second-order valence-corrected chi connectivity index (χ2v) is 5.88. The largest absolute Gasteiger partial charge is 0.315 e. The lowest BCUT2D eigenvalue weighted by atomic mass is 10.2. The molecule has 2 aliphatic rings. The molecule has 3 heterocycles. The third-order valence-electron chi connectivity index (χ3n) is 4.20. The molecule has 0 unspecified atom stereocenters. The zero-order valence-corrected chi connectivity index (χ0v) is 12.0. The molecule has 2 saturated heterocycles. The highest BCUT2D eigenvalue weighted by Crippen LogP contribution is 2.12. The second kappa shape index (κ2) is 6.22. The third-order valence-corrected chi connectivity index (χ3v) is 4.40. The van der Waals surface area contributed by atoms with E-state index >= 15 is 0 Å². The highest BCUT2D eigenvalue weighted by molar-refractivity contribution is 6.30. The zero-order valence-electron chi connectivity index (χ0n) is 11.3. The Kier molecular flexibility index (Phi) is 4.38. The first kappa shape index (κ1) is 13.4. The van der Waals surface area contributed by atoms with E-state index in [0.717, 1.165) is 24.2 Å². The highest BCUT2D eigenvalue weighted by atomic mass is 35.5. The van der Waals surface area contributed by atoms with Gasteiger partial charge >= 0.3 is 0 Å². The number of hydrogen-bond acceptors (Lipinski definition) is 4. The summed E-state index contributed by atoms with van der Waals surface area (Å²) in [5.74, 6) is 0. The van der Waals surface area contributed by atoms with Crippen LogP contribution in [0.2, 0.25) is 5.02 Å². The molecule has 1 N–H and O–H groups in total. The Balaban J connectivity index is 1.40. The minimum absolute atomic E-state index is 0.721. The van der Waals surface area contributed by atoms with Crippen molar-refractivity contribution in [2.24, 2.45) is 0 Å². The summed E-state index contributed by atoms with van der Waals surface area (Å²) < 4.78 is 1.93. The standard InChI is InChI=1S/C13H22ClN5/c14-12-9-16-19(11-12)8-5-17-3-6-18(7-4-17)13-1-2-15-10-13/h9,11,13,15H,1-8,10H2/t13-/m0/s1. The molecule has 1 atom stereocenters. The quantitative estimate of drug-likeness (QED) is 0.874. The summed E-state index contributed by atoms with van der Waals surface area (Å²) in [7, 11) is 0. The topological polar surface area (TPSA) is 36.3 Å². The van der Waals surface area contributed by atoms with E-state index in [1.54, 1.807) is 6.20 Å². The fourth-order valence-electron chi connectivity index (χ4n) is 3.01. The van der Waals surface area contributed by atoms with E-state index in [1.165, 1.54) is 45.7 Å². The minimum Gasteiger partial charge on any atom is -0.315 e. The van der Waals surface area contributed by atoms with Crippen LogP contribution in [0, 0.1) is 0 Å². The molecular weight excluding hydrogens is 262 g/mol. The van der Waals surface area contributed by atoms with Crippen molar-refractivity contribution in [1.82, 2.24) is 24.9 Å². The van der Waals surface area contributed by atoms with Crippen LogP contribution in [0.5, 0.6) is 0 Å². The van der Waals surface area contributed by atoms with Crippen molar-refractivity contribution in [3.05, 3.63) is 17.4 Å². The lowest BCUT2D eigenvalue weighted by molar-refractivity contribution is 0.0994. The van der Waals surface area contributed by atoms with Gasteiger partial charge in [-0.3, -0.25) is 14.5 Å². The molecule has 6 heteroatoms. The van der Waals surface area contributed by atoms with Crippen molar-refractivity contribution in [2.75, 3.05) is 45.8 Å². The lowest BCUT2D eigenvalue weighted by Crippen LogP contribution is -2.51. The van der Waals surface area contributed by atoms with Crippen molar-refractivity contribution in [2.45, 2.75) is 19.0 Å². The Bertz CT molecular complexity index is 393. The van der Waals surface area contributed by atoms with E-state index in [9.17, 15) is 0 Å². The molecule has 1 aromatic heterocycles. The van der Waals surface area contributed by atoms with E-state index in [2.05, 4.69) is 20.2 Å². The van der Waals surface area contributed by atoms with Gasteiger partial charge in [-0.1, -0.05) is 11.6 Å². The minimum atomic E-state index is 0.721. The molecular formula is C13H22ClN5. The fourth-order valence-corrected chi connectivity index (χ4v) is 3.16. The van der Waals surface area contributed by atoms with Gasteiger partial charge in [0.2, 0.25) is 0 Å². The maximum Gasteiger partial charge on any atom is 0.0785 e. The SMILES string of the molecule is Clc1cnn(CCN2CCN([C@H]3CCNC3)CC2)c1. The van der Waals surface area contributed by atoms with E-state index < -0.39 is 0 Å². The van der Waals surface area contributed by atoms with Crippen LogP contribution < -0.4 is 5.32 Å². The first-order chi connectivity index (χ1) is 9.31. The Morgan fingerprint density at radius 2 is 2.11 bits per heavy atom. The summed E-state index contributed by atoms with van der Waals surface area (Å²) in [6.45, 7) is 9.10. The summed E-state index contributed by atoms with van der Waals surface area (Å²) in [4.78, 5) is 5.16. The van der Waals surface area contributed by atoms with Crippen LogP contribution >= 0.6 is 11.6 Å². The predicted octanol–water partition coefficient (Wildman–Crippen LogP) is 0.516. The number of halogens is 1. The van der Waals surface area contributed by atoms with Crippen LogP contribution in [0.4, 0.5) is 0 Å². The molecule has 2 fully saturated rings. The summed E-state index contributed by atoms with van der Waals surface area (Å²) >= 11 is 5.86. The van der Waals surface area contributed by atoms with Gasteiger partial charge in [-0.15, -0.1) is 0 Å². The molecule has 5 nitrogen and oxygen atoms in total. The average Bonchev–Trinajstić information content (AvgIpc) is 3.08. The number of hydrogen-bond donors (Lipinski definition) is 1. The van der Waals surface area contributed by atoms with Gasteiger partial charge in [-0.05, 0) is 13.0 Å². The third kappa shape index (κ3) is 3.48. The van der Waals surface area contributed by atoms with Crippen LogP contribution in [0.1, 0.15) is 6.42 Å². The van der Waals surface area contributed by atoms with Crippen LogP contribution in [0.15, 0.2) is 12.4 Å². The summed E-state index contributed by atoms with van der Waals surface area (Å²) in [6, 6.07) is 0.770. The van der Waals surface area contributed by atoms with Gasteiger partial charge in [-0.25, -0.2) is 0 Å². The van der Waals surface area contributed by atoms with Gasteiger partial charge in [0.15, 0.2) is 0 Å². The van der Waals surface area contributed by atoms with Gasteiger partial charge < -0.3 is 5.32 Å². The van der Waals surface area contributed by atoms with Crippen LogP contribution in [-0.4, -0.2) is 71.4 Å². The van der Waals surface area contributed by atoms with Gasteiger partial charge in [0.25, 0.3) is 0 Å². The van der Waals surface area contributed by atoms with Crippen molar-refractivity contribution in [3.63, 3.8) is 0 Å². The summed E-state index contributed by atoms with van der Waals surface area (Å²) in [6.07, 6.45) is 4.90. The molecule has 0 amide bonds. The number of nitrogens with one attached hydrogen (secondary N) is 1. The molecule has 0 aromatic carbocycles. The highest BCUT2D eigenvalue weighted by Gasteiger charge is 2.25. The average molecular weight is 284 g/mol. The van der Waals surface area contributed by atoms with E-state index in [0.29, 0.717) is 0 Å². The van der Waals surface area contributed by atoms with Crippen LogP contribution in [-0.2, 0) is 6.54 Å². The Morgan fingerprint density at radius 3 is 2.74 bits per heavy atom. The molecule has 3 rings (SSSR count). The monoisotopic (exact) mass is 283 g/mol. The van der Waals surface area contributed by atoms with E-state index in [4.69, 9.17) is 11.6 Å². The van der Waals surface area contributed by atoms with E-state index in [-0.39, 0.29) is 0 Å². The maximum atomic E-state index is 5.86. The molecule has 0 bridgehead atoms.